The van der Waals surface area contributed by atoms with E-state index in [1.54, 1.807) is 12.1 Å². The molecule has 2 heterocycles. The summed E-state index contributed by atoms with van der Waals surface area (Å²) in [6.07, 6.45) is 1.75. The Morgan fingerprint density at radius 1 is 1.17 bits per heavy atom. The molecule has 1 aliphatic rings. The average Bonchev–Trinajstić information content (AvgIpc) is 2.67. The third kappa shape index (κ3) is 5.98. The number of aryl methyl sites for hydroxylation is 2. The molecule has 1 aromatic carbocycles. The SMILES string of the molecule is CC(=O)NC(Cc1cccc(F)c1)C(=O)NC1CCN(c2nc(C)cc(C)n2)CC1. The average molecular weight is 413 g/mol. The topological polar surface area (TPSA) is 87.2 Å². The van der Waals surface area contributed by atoms with Crippen LogP contribution in [-0.2, 0) is 16.0 Å². The normalized spacial score (nSPS) is 15.5. The maximum Gasteiger partial charge on any atom is 0.243 e. The number of hydrogen-bond donors (Lipinski definition) is 2. The molecule has 1 aliphatic heterocycles. The van der Waals surface area contributed by atoms with Crippen LogP contribution in [0.2, 0.25) is 0 Å². The predicted octanol–water partition coefficient (Wildman–Crippen LogP) is 2.06. The largest absolute Gasteiger partial charge is 0.351 e. The van der Waals surface area contributed by atoms with Crippen LogP contribution in [0, 0.1) is 19.7 Å². The van der Waals surface area contributed by atoms with Crippen molar-refractivity contribution in [3.05, 3.63) is 53.1 Å². The lowest BCUT2D eigenvalue weighted by Crippen LogP contribution is -2.52. The van der Waals surface area contributed by atoms with Crippen LogP contribution in [-0.4, -0.2) is 47.0 Å². The number of anilines is 1. The van der Waals surface area contributed by atoms with Gasteiger partial charge in [0.15, 0.2) is 0 Å². The predicted molar refractivity (Wildman–Crippen MR) is 113 cm³/mol. The van der Waals surface area contributed by atoms with Gasteiger partial charge in [-0.05, 0) is 50.5 Å². The number of rotatable bonds is 6. The summed E-state index contributed by atoms with van der Waals surface area (Å²) in [6, 6.07) is 7.27. The second-order valence-electron chi connectivity index (χ2n) is 7.81. The third-order valence-electron chi connectivity index (χ3n) is 5.12. The van der Waals surface area contributed by atoms with Gasteiger partial charge in [-0.1, -0.05) is 12.1 Å². The molecule has 3 rings (SSSR count). The van der Waals surface area contributed by atoms with Crippen molar-refractivity contribution >= 4 is 17.8 Å². The van der Waals surface area contributed by atoms with Gasteiger partial charge in [-0.25, -0.2) is 14.4 Å². The molecule has 0 aliphatic carbocycles. The van der Waals surface area contributed by atoms with Gasteiger partial charge in [-0.15, -0.1) is 0 Å². The number of halogens is 1. The fraction of sp³-hybridized carbons (Fsp3) is 0.455. The van der Waals surface area contributed by atoms with Gasteiger partial charge >= 0.3 is 0 Å². The zero-order valence-electron chi connectivity index (χ0n) is 17.6. The van der Waals surface area contributed by atoms with Crippen LogP contribution in [0.25, 0.3) is 0 Å². The first-order valence-electron chi connectivity index (χ1n) is 10.2. The molecule has 2 N–H and O–H groups in total. The third-order valence-corrected chi connectivity index (χ3v) is 5.12. The lowest BCUT2D eigenvalue weighted by molar-refractivity contribution is -0.128. The minimum atomic E-state index is -0.745. The number of nitrogens with zero attached hydrogens (tertiary/aromatic N) is 3. The molecule has 1 saturated heterocycles. The molecule has 0 spiro atoms. The molecule has 2 aromatic rings. The molecule has 0 saturated carbocycles. The monoisotopic (exact) mass is 413 g/mol. The van der Waals surface area contributed by atoms with Crippen molar-refractivity contribution in [2.75, 3.05) is 18.0 Å². The highest BCUT2D eigenvalue weighted by Gasteiger charge is 2.26. The smallest absolute Gasteiger partial charge is 0.243 e. The van der Waals surface area contributed by atoms with Crippen LogP contribution in [0.5, 0.6) is 0 Å². The Hall–Kier alpha value is -3.03. The maximum absolute atomic E-state index is 13.5. The van der Waals surface area contributed by atoms with Crippen LogP contribution in [0.1, 0.15) is 36.7 Å². The standard InChI is InChI=1S/C22H28FN5O2/c1-14-11-15(2)25-22(24-14)28-9-7-19(8-10-28)27-21(30)20(26-16(3)29)13-17-5-4-6-18(23)12-17/h4-6,11-12,19-20H,7-10,13H2,1-3H3,(H,26,29)(H,27,30). The van der Waals surface area contributed by atoms with Crippen LogP contribution in [0.4, 0.5) is 10.3 Å². The quantitative estimate of drug-likeness (QED) is 0.757. The minimum Gasteiger partial charge on any atom is -0.351 e. The molecular weight excluding hydrogens is 385 g/mol. The number of nitrogens with one attached hydrogen (secondary N) is 2. The number of carbonyl (C=O) groups excluding carboxylic acids is 2. The van der Waals surface area contributed by atoms with E-state index in [1.165, 1.54) is 19.1 Å². The lowest BCUT2D eigenvalue weighted by atomic mass is 10.0. The first kappa shape index (κ1) is 21.7. The molecule has 1 aromatic heterocycles. The highest BCUT2D eigenvalue weighted by Crippen LogP contribution is 2.17. The Bertz CT molecular complexity index is 892. The van der Waals surface area contributed by atoms with Gasteiger partial charge in [0.25, 0.3) is 0 Å². The molecule has 7 nitrogen and oxygen atoms in total. The number of carbonyl (C=O) groups is 2. The van der Waals surface area contributed by atoms with Crippen molar-refractivity contribution < 1.29 is 14.0 Å². The van der Waals surface area contributed by atoms with Crippen molar-refractivity contribution in [2.24, 2.45) is 0 Å². The van der Waals surface area contributed by atoms with Gasteiger partial charge in [-0.3, -0.25) is 9.59 Å². The lowest BCUT2D eigenvalue weighted by Gasteiger charge is -2.33. The molecule has 160 valence electrons. The Morgan fingerprint density at radius 3 is 2.43 bits per heavy atom. The molecule has 30 heavy (non-hydrogen) atoms. The molecule has 1 atom stereocenters. The van der Waals surface area contributed by atoms with Gasteiger partial charge in [0.1, 0.15) is 11.9 Å². The molecule has 2 amide bonds. The maximum atomic E-state index is 13.5. The van der Waals surface area contributed by atoms with E-state index in [0.717, 1.165) is 43.3 Å². The fourth-order valence-corrected chi connectivity index (χ4v) is 3.73. The van der Waals surface area contributed by atoms with Crippen molar-refractivity contribution in [2.45, 2.75) is 52.1 Å². The van der Waals surface area contributed by atoms with E-state index < -0.39 is 6.04 Å². The van der Waals surface area contributed by atoms with Crippen molar-refractivity contribution in [1.82, 2.24) is 20.6 Å². The molecule has 0 radical (unpaired) electrons. The van der Waals surface area contributed by atoms with Crippen LogP contribution in [0.3, 0.4) is 0 Å². The van der Waals surface area contributed by atoms with Gasteiger partial charge in [0.05, 0.1) is 0 Å². The Labute approximate surface area is 176 Å². The molecule has 1 unspecified atom stereocenters. The number of benzene rings is 1. The molecule has 1 fully saturated rings. The first-order valence-corrected chi connectivity index (χ1v) is 10.2. The number of aromatic nitrogens is 2. The van der Waals surface area contributed by atoms with Gasteiger partial charge in [0.2, 0.25) is 17.8 Å². The van der Waals surface area contributed by atoms with Crippen LogP contribution in [0.15, 0.2) is 30.3 Å². The zero-order valence-corrected chi connectivity index (χ0v) is 17.6. The van der Waals surface area contributed by atoms with E-state index in [0.29, 0.717) is 5.56 Å². The van der Waals surface area contributed by atoms with E-state index in [4.69, 9.17) is 0 Å². The molecule has 8 heteroatoms. The van der Waals surface area contributed by atoms with Crippen LogP contribution >= 0.6 is 0 Å². The van der Waals surface area contributed by atoms with E-state index in [-0.39, 0.29) is 30.1 Å². The summed E-state index contributed by atoms with van der Waals surface area (Å²) < 4.78 is 13.5. The van der Waals surface area contributed by atoms with E-state index in [2.05, 4.69) is 25.5 Å². The Kier molecular flexibility index (Phi) is 6.97. The van der Waals surface area contributed by atoms with E-state index >= 15 is 0 Å². The van der Waals surface area contributed by atoms with Crippen molar-refractivity contribution in [3.8, 4) is 0 Å². The zero-order chi connectivity index (χ0) is 21.7. The van der Waals surface area contributed by atoms with Crippen molar-refractivity contribution in [3.63, 3.8) is 0 Å². The number of hydrogen-bond acceptors (Lipinski definition) is 5. The summed E-state index contributed by atoms with van der Waals surface area (Å²) in [5.74, 6) is -0.195. The van der Waals surface area contributed by atoms with Crippen LogP contribution < -0.4 is 15.5 Å². The summed E-state index contributed by atoms with van der Waals surface area (Å²) in [6.45, 7) is 6.75. The van der Waals surface area contributed by atoms with E-state index in [9.17, 15) is 14.0 Å². The summed E-state index contributed by atoms with van der Waals surface area (Å²) in [4.78, 5) is 35.5. The second kappa shape index (κ2) is 9.65. The summed E-state index contributed by atoms with van der Waals surface area (Å²) in [5.41, 5.74) is 2.53. The minimum absolute atomic E-state index is 0.00317. The summed E-state index contributed by atoms with van der Waals surface area (Å²) in [5, 5.41) is 5.72. The van der Waals surface area contributed by atoms with Crippen molar-refractivity contribution in [1.29, 1.82) is 0 Å². The molecule has 0 bridgehead atoms. The summed E-state index contributed by atoms with van der Waals surface area (Å²) >= 11 is 0. The first-order chi connectivity index (χ1) is 14.3. The fourth-order valence-electron chi connectivity index (χ4n) is 3.73. The molecular formula is C22H28FN5O2. The van der Waals surface area contributed by atoms with Gasteiger partial charge in [0, 0.05) is 43.9 Å². The second-order valence-corrected chi connectivity index (χ2v) is 7.81. The Morgan fingerprint density at radius 2 is 1.83 bits per heavy atom. The summed E-state index contributed by atoms with van der Waals surface area (Å²) in [7, 11) is 0. The van der Waals surface area contributed by atoms with E-state index in [1.807, 2.05) is 19.9 Å². The van der Waals surface area contributed by atoms with Gasteiger partial charge < -0.3 is 15.5 Å². The number of amides is 2. The number of piperidine rings is 1. The van der Waals surface area contributed by atoms with Gasteiger partial charge in [-0.2, -0.15) is 0 Å². The highest BCUT2D eigenvalue weighted by molar-refractivity contribution is 5.87. The highest BCUT2D eigenvalue weighted by atomic mass is 19.1. The Balaban J connectivity index is 1.58.